The average molecular weight is 375 g/mol. The number of benzene rings is 2. The molecule has 0 N–H and O–H groups in total. The molecule has 0 fully saturated rings. The molecule has 0 aliphatic carbocycles. The van der Waals surface area contributed by atoms with Crippen LogP contribution < -0.4 is 0 Å². The normalized spacial score (nSPS) is 11.7. The predicted molar refractivity (Wildman–Crippen MR) is 94.3 cm³/mol. The molecule has 7 nitrogen and oxygen atoms in total. The summed E-state index contributed by atoms with van der Waals surface area (Å²) in [6, 6.07) is 13.6. The number of rotatable bonds is 7. The smallest absolute Gasteiger partial charge is 0.364 e. The second kappa shape index (κ2) is 8.39. The highest BCUT2D eigenvalue weighted by Gasteiger charge is 2.26. The van der Waals surface area contributed by atoms with Gasteiger partial charge in [0.1, 0.15) is 4.90 Å². The molecule has 0 aromatic heterocycles. The molecule has 2 rings (SSSR count). The Morgan fingerprint density at radius 1 is 1.00 bits per heavy atom. The highest BCUT2D eigenvalue weighted by Crippen LogP contribution is 2.13. The first kappa shape index (κ1) is 19.3. The number of nitrogens with zero attached hydrogens (tertiary/aromatic N) is 1. The highest BCUT2D eigenvalue weighted by molar-refractivity contribution is 7.86. The van der Waals surface area contributed by atoms with Gasteiger partial charge in [0.15, 0.2) is 0 Å². The van der Waals surface area contributed by atoms with Crippen LogP contribution in [0, 0.1) is 6.92 Å². The summed E-state index contributed by atoms with van der Waals surface area (Å²) in [5.74, 6) is -1.87. The zero-order chi connectivity index (χ0) is 19.2. The van der Waals surface area contributed by atoms with Crippen LogP contribution in [0.2, 0.25) is 0 Å². The van der Waals surface area contributed by atoms with Crippen molar-refractivity contribution in [3.63, 3.8) is 0 Å². The molecule has 26 heavy (non-hydrogen) atoms. The van der Waals surface area contributed by atoms with E-state index in [1.165, 1.54) is 36.4 Å². The number of Topliss-reactive ketones (excluding diaryl/α,β-unsaturated/α-hetero) is 1. The number of carbonyl (C=O) groups excluding carboxylic acids is 2. The summed E-state index contributed by atoms with van der Waals surface area (Å²) in [6.45, 7) is 3.38. The Hall–Kier alpha value is -3.00. The van der Waals surface area contributed by atoms with Crippen LogP contribution in [-0.4, -0.2) is 32.5 Å². The fourth-order valence-electron chi connectivity index (χ4n) is 1.93. The zero-order valence-corrected chi connectivity index (χ0v) is 15.0. The van der Waals surface area contributed by atoms with E-state index in [4.69, 9.17) is 4.74 Å². The van der Waals surface area contributed by atoms with Crippen molar-refractivity contribution < 1.29 is 27.0 Å². The second-order valence-electron chi connectivity index (χ2n) is 5.20. The number of ether oxygens (including phenoxy) is 1. The molecule has 0 bridgehead atoms. The summed E-state index contributed by atoms with van der Waals surface area (Å²) in [5.41, 5.74) is 0.317. The number of ketones is 1. The van der Waals surface area contributed by atoms with Gasteiger partial charge in [0.05, 0.1) is 6.61 Å². The van der Waals surface area contributed by atoms with E-state index in [2.05, 4.69) is 9.44 Å². The van der Waals surface area contributed by atoms with Gasteiger partial charge in [-0.25, -0.2) is 4.79 Å². The van der Waals surface area contributed by atoms with E-state index in [0.29, 0.717) is 0 Å². The standard InChI is InChI=1S/C18H17NO6S/c1-3-24-18(21)16(17(20)14-11-9-13(2)10-12-14)19-25-26(22,23)15-7-5-4-6-8-15/h4-12H,3H2,1-2H3. The predicted octanol–water partition coefficient (Wildman–Crippen LogP) is 2.50. The van der Waals surface area contributed by atoms with Crippen LogP contribution in [0.15, 0.2) is 64.6 Å². The van der Waals surface area contributed by atoms with Crippen LogP contribution in [0.1, 0.15) is 22.8 Å². The van der Waals surface area contributed by atoms with Crippen LogP contribution >= 0.6 is 0 Å². The van der Waals surface area contributed by atoms with Gasteiger partial charge in [-0.15, -0.1) is 0 Å². The summed E-state index contributed by atoms with van der Waals surface area (Å²) in [7, 11) is -4.27. The summed E-state index contributed by atoms with van der Waals surface area (Å²) in [6.07, 6.45) is 0. The lowest BCUT2D eigenvalue weighted by Gasteiger charge is -2.06. The Morgan fingerprint density at radius 3 is 2.19 bits per heavy atom. The third kappa shape index (κ3) is 4.76. The highest BCUT2D eigenvalue weighted by atomic mass is 32.2. The van der Waals surface area contributed by atoms with Gasteiger partial charge in [0.2, 0.25) is 11.5 Å². The topological polar surface area (TPSA) is 99.1 Å². The van der Waals surface area contributed by atoms with Gasteiger partial charge in [-0.3, -0.25) is 9.08 Å². The van der Waals surface area contributed by atoms with E-state index in [1.807, 2.05) is 6.92 Å². The maximum absolute atomic E-state index is 12.5. The van der Waals surface area contributed by atoms with E-state index in [1.54, 1.807) is 25.1 Å². The number of hydrogen-bond acceptors (Lipinski definition) is 7. The molecular weight excluding hydrogens is 358 g/mol. The first-order chi connectivity index (χ1) is 12.3. The Bertz CT molecular complexity index is 918. The van der Waals surface area contributed by atoms with E-state index >= 15 is 0 Å². The molecule has 0 radical (unpaired) electrons. The first-order valence-electron chi connectivity index (χ1n) is 7.70. The lowest BCUT2D eigenvalue weighted by atomic mass is 10.1. The molecule has 0 heterocycles. The third-order valence-electron chi connectivity index (χ3n) is 3.26. The summed E-state index contributed by atoms with van der Waals surface area (Å²) >= 11 is 0. The van der Waals surface area contributed by atoms with Gasteiger partial charge in [-0.05, 0) is 26.0 Å². The Kier molecular flexibility index (Phi) is 6.24. The van der Waals surface area contributed by atoms with Crippen molar-refractivity contribution in [1.29, 1.82) is 0 Å². The molecule has 0 aliphatic rings. The molecular formula is C18H17NO6S. The molecule has 2 aromatic rings. The van der Waals surface area contributed by atoms with Gasteiger partial charge in [-0.2, -0.15) is 8.42 Å². The van der Waals surface area contributed by atoms with Crippen molar-refractivity contribution in [3.8, 4) is 0 Å². The Balaban J connectivity index is 2.35. The largest absolute Gasteiger partial charge is 0.461 e. The van der Waals surface area contributed by atoms with E-state index in [-0.39, 0.29) is 17.1 Å². The molecule has 0 unspecified atom stereocenters. The molecule has 0 saturated carbocycles. The van der Waals surface area contributed by atoms with Crippen LogP contribution in [0.5, 0.6) is 0 Å². The van der Waals surface area contributed by atoms with Gasteiger partial charge in [0, 0.05) is 5.56 Å². The van der Waals surface area contributed by atoms with Gasteiger partial charge < -0.3 is 4.74 Å². The SMILES string of the molecule is CCOC(=O)C(=NOS(=O)(=O)c1ccccc1)C(=O)c1ccc(C)cc1. The van der Waals surface area contributed by atoms with E-state index in [0.717, 1.165) is 5.56 Å². The van der Waals surface area contributed by atoms with Gasteiger partial charge in [-0.1, -0.05) is 53.2 Å². The van der Waals surface area contributed by atoms with Crippen molar-refractivity contribution >= 4 is 27.6 Å². The number of esters is 1. The average Bonchev–Trinajstić information content (AvgIpc) is 2.63. The van der Waals surface area contributed by atoms with Gasteiger partial charge >= 0.3 is 16.1 Å². The molecule has 0 spiro atoms. The summed E-state index contributed by atoms with van der Waals surface area (Å²) < 4.78 is 33.6. The minimum atomic E-state index is -4.27. The lowest BCUT2D eigenvalue weighted by Crippen LogP contribution is -2.27. The van der Waals surface area contributed by atoms with E-state index < -0.39 is 27.6 Å². The van der Waals surface area contributed by atoms with Gasteiger partial charge in [0.25, 0.3) is 0 Å². The van der Waals surface area contributed by atoms with Crippen molar-refractivity contribution in [2.45, 2.75) is 18.7 Å². The fraction of sp³-hybridized carbons (Fsp3) is 0.167. The van der Waals surface area contributed by atoms with Crippen molar-refractivity contribution in [3.05, 3.63) is 65.7 Å². The fourth-order valence-corrected chi connectivity index (χ4v) is 2.68. The maximum atomic E-state index is 12.5. The Morgan fingerprint density at radius 2 is 1.62 bits per heavy atom. The van der Waals surface area contributed by atoms with Crippen molar-refractivity contribution in [2.24, 2.45) is 5.16 Å². The number of aryl methyl sites for hydroxylation is 1. The monoisotopic (exact) mass is 375 g/mol. The third-order valence-corrected chi connectivity index (χ3v) is 4.38. The first-order valence-corrected chi connectivity index (χ1v) is 9.11. The number of carbonyl (C=O) groups is 2. The molecule has 8 heteroatoms. The summed E-state index contributed by atoms with van der Waals surface area (Å²) in [4.78, 5) is 24.4. The number of oxime groups is 1. The number of hydrogen-bond donors (Lipinski definition) is 0. The molecule has 0 amide bonds. The van der Waals surface area contributed by atoms with Crippen LogP contribution in [-0.2, 0) is 23.9 Å². The van der Waals surface area contributed by atoms with Crippen molar-refractivity contribution in [2.75, 3.05) is 6.61 Å². The molecule has 0 saturated heterocycles. The quantitative estimate of drug-likeness (QED) is 0.242. The maximum Gasteiger partial charge on any atom is 0.364 e. The van der Waals surface area contributed by atoms with Crippen LogP contribution in [0.3, 0.4) is 0 Å². The summed E-state index contributed by atoms with van der Waals surface area (Å²) in [5, 5.41) is 3.29. The second-order valence-corrected chi connectivity index (χ2v) is 6.73. The van der Waals surface area contributed by atoms with Crippen molar-refractivity contribution in [1.82, 2.24) is 0 Å². The molecule has 2 aromatic carbocycles. The molecule has 0 aliphatic heterocycles. The minimum absolute atomic E-state index is 0.00946. The zero-order valence-electron chi connectivity index (χ0n) is 14.2. The van der Waals surface area contributed by atoms with E-state index in [9.17, 15) is 18.0 Å². The van der Waals surface area contributed by atoms with Crippen LogP contribution in [0.25, 0.3) is 0 Å². The van der Waals surface area contributed by atoms with Crippen LogP contribution in [0.4, 0.5) is 0 Å². The Labute approximate surface area is 151 Å². The lowest BCUT2D eigenvalue weighted by molar-refractivity contribution is -0.135. The molecule has 0 atom stereocenters. The minimum Gasteiger partial charge on any atom is -0.461 e. The molecule has 136 valence electrons.